The second-order valence-electron chi connectivity index (χ2n) is 3.58. The molecule has 0 bridgehead atoms. The van der Waals surface area contributed by atoms with E-state index < -0.39 is 11.6 Å². The van der Waals surface area contributed by atoms with Crippen molar-refractivity contribution >= 4 is 11.4 Å². The normalized spacial score (nSPS) is 9.89. The summed E-state index contributed by atoms with van der Waals surface area (Å²) in [5.74, 6) is -1.06. The average Bonchev–Trinajstić information content (AvgIpc) is 2.36. The van der Waals surface area contributed by atoms with Crippen LogP contribution in [0.4, 0.5) is 20.2 Å². The standard InChI is InChI=1S/C13H8F2N3/c1-8-12(15)5-11(7-17-8)18-13-3-2-10(14)4-9(13)6-16/h2-5,7,18H,1H2. The van der Waals surface area contributed by atoms with Gasteiger partial charge in [-0.15, -0.1) is 0 Å². The van der Waals surface area contributed by atoms with Crippen molar-refractivity contribution in [1.29, 1.82) is 5.26 Å². The fourth-order valence-electron chi connectivity index (χ4n) is 1.41. The van der Waals surface area contributed by atoms with Crippen molar-refractivity contribution in [2.75, 3.05) is 5.32 Å². The first-order valence-corrected chi connectivity index (χ1v) is 5.04. The molecule has 0 aliphatic rings. The van der Waals surface area contributed by atoms with Crippen LogP contribution in [-0.2, 0) is 0 Å². The highest BCUT2D eigenvalue weighted by atomic mass is 19.1. The highest BCUT2D eigenvalue weighted by Crippen LogP contribution is 2.21. The second-order valence-corrected chi connectivity index (χ2v) is 3.58. The van der Waals surface area contributed by atoms with Crippen molar-refractivity contribution in [1.82, 2.24) is 4.98 Å². The van der Waals surface area contributed by atoms with Crippen molar-refractivity contribution in [2.45, 2.75) is 0 Å². The van der Waals surface area contributed by atoms with Crippen LogP contribution in [-0.4, -0.2) is 4.98 Å². The fraction of sp³-hybridized carbons (Fsp3) is 0. The number of nitrogens with zero attached hydrogens (tertiary/aromatic N) is 2. The molecule has 5 heteroatoms. The van der Waals surface area contributed by atoms with Crippen LogP contribution in [0.15, 0.2) is 30.5 Å². The van der Waals surface area contributed by atoms with Gasteiger partial charge in [-0.3, -0.25) is 4.98 Å². The third kappa shape index (κ3) is 2.43. The number of nitriles is 1. The second kappa shape index (κ2) is 4.80. The molecule has 1 aromatic carbocycles. The number of hydrogen-bond acceptors (Lipinski definition) is 3. The molecule has 1 aromatic heterocycles. The molecular formula is C13H8F2N3. The summed E-state index contributed by atoms with van der Waals surface area (Å²) < 4.78 is 26.2. The molecule has 2 rings (SSSR count). The van der Waals surface area contributed by atoms with Crippen molar-refractivity contribution in [3.8, 4) is 6.07 Å². The van der Waals surface area contributed by atoms with E-state index in [2.05, 4.69) is 17.2 Å². The Balaban J connectivity index is 2.34. The summed E-state index contributed by atoms with van der Waals surface area (Å²) in [6.45, 7) is 3.40. The van der Waals surface area contributed by atoms with Crippen LogP contribution in [0, 0.1) is 29.9 Å². The lowest BCUT2D eigenvalue weighted by atomic mass is 10.2. The molecule has 1 radical (unpaired) electrons. The summed E-state index contributed by atoms with van der Waals surface area (Å²) in [7, 11) is 0. The van der Waals surface area contributed by atoms with Gasteiger partial charge in [0.25, 0.3) is 0 Å². The third-order valence-corrected chi connectivity index (χ3v) is 2.30. The van der Waals surface area contributed by atoms with E-state index in [9.17, 15) is 8.78 Å². The van der Waals surface area contributed by atoms with Gasteiger partial charge in [-0.25, -0.2) is 8.78 Å². The zero-order chi connectivity index (χ0) is 13.1. The minimum Gasteiger partial charge on any atom is -0.353 e. The van der Waals surface area contributed by atoms with Crippen LogP contribution in [0.2, 0.25) is 0 Å². The molecule has 0 saturated carbocycles. The van der Waals surface area contributed by atoms with Gasteiger partial charge >= 0.3 is 0 Å². The number of hydrogen-bond donors (Lipinski definition) is 1. The maximum Gasteiger partial charge on any atom is 0.146 e. The lowest BCUT2D eigenvalue weighted by Gasteiger charge is -2.08. The zero-order valence-electron chi connectivity index (χ0n) is 9.24. The number of halogens is 2. The van der Waals surface area contributed by atoms with E-state index in [1.807, 2.05) is 6.07 Å². The Bertz CT molecular complexity index is 633. The van der Waals surface area contributed by atoms with Gasteiger partial charge in [-0.1, -0.05) is 0 Å². The molecule has 2 aromatic rings. The van der Waals surface area contributed by atoms with E-state index in [1.54, 1.807) is 0 Å². The molecule has 1 N–H and O–H groups in total. The van der Waals surface area contributed by atoms with Crippen molar-refractivity contribution < 1.29 is 8.78 Å². The Hall–Kier alpha value is -2.48. The fourth-order valence-corrected chi connectivity index (χ4v) is 1.41. The largest absolute Gasteiger partial charge is 0.353 e. The average molecular weight is 244 g/mol. The van der Waals surface area contributed by atoms with E-state index in [1.165, 1.54) is 24.4 Å². The van der Waals surface area contributed by atoms with Crippen molar-refractivity contribution in [2.24, 2.45) is 0 Å². The molecule has 0 fully saturated rings. The molecule has 18 heavy (non-hydrogen) atoms. The molecule has 0 amide bonds. The van der Waals surface area contributed by atoms with Gasteiger partial charge in [-0.05, 0) is 25.1 Å². The van der Waals surface area contributed by atoms with E-state index in [-0.39, 0.29) is 11.3 Å². The molecule has 0 saturated heterocycles. The predicted molar refractivity (Wildman–Crippen MR) is 63.1 cm³/mol. The van der Waals surface area contributed by atoms with Gasteiger partial charge in [0.1, 0.15) is 17.7 Å². The quantitative estimate of drug-likeness (QED) is 0.882. The Morgan fingerprint density at radius 1 is 1.28 bits per heavy atom. The minimum atomic E-state index is -0.555. The summed E-state index contributed by atoms with van der Waals surface area (Å²) in [6.07, 6.45) is 1.38. The predicted octanol–water partition coefficient (Wildman–Crippen LogP) is 3.16. The third-order valence-electron chi connectivity index (χ3n) is 2.30. The minimum absolute atomic E-state index is 0.0418. The summed E-state index contributed by atoms with van der Waals surface area (Å²) in [5.41, 5.74) is 0.925. The van der Waals surface area contributed by atoms with E-state index in [0.29, 0.717) is 11.4 Å². The molecule has 89 valence electrons. The highest BCUT2D eigenvalue weighted by Gasteiger charge is 2.06. The molecule has 0 atom stereocenters. The van der Waals surface area contributed by atoms with Gasteiger partial charge in [0.15, 0.2) is 0 Å². The van der Waals surface area contributed by atoms with E-state index >= 15 is 0 Å². The highest BCUT2D eigenvalue weighted by molar-refractivity contribution is 5.66. The van der Waals surface area contributed by atoms with Gasteiger partial charge in [-0.2, -0.15) is 5.26 Å². The van der Waals surface area contributed by atoms with Crippen LogP contribution in [0.1, 0.15) is 11.3 Å². The molecular weight excluding hydrogens is 236 g/mol. The topological polar surface area (TPSA) is 48.7 Å². The SMILES string of the molecule is [CH2]c1ncc(Nc2ccc(F)cc2C#N)cc1F. The van der Waals surface area contributed by atoms with Crippen LogP contribution in [0.25, 0.3) is 0 Å². The van der Waals surface area contributed by atoms with Crippen molar-refractivity contribution in [3.63, 3.8) is 0 Å². The summed E-state index contributed by atoms with van der Waals surface area (Å²) in [6, 6.07) is 6.78. The van der Waals surface area contributed by atoms with E-state index in [4.69, 9.17) is 5.26 Å². The smallest absolute Gasteiger partial charge is 0.146 e. The van der Waals surface area contributed by atoms with Crippen LogP contribution in [0.3, 0.4) is 0 Å². The summed E-state index contributed by atoms with van der Waals surface area (Å²) in [5, 5.41) is 11.7. The van der Waals surface area contributed by atoms with Gasteiger partial charge < -0.3 is 5.32 Å². The first kappa shape index (κ1) is 12.0. The molecule has 3 nitrogen and oxygen atoms in total. The molecule has 0 unspecified atom stereocenters. The number of rotatable bonds is 2. The van der Waals surface area contributed by atoms with Crippen LogP contribution < -0.4 is 5.32 Å². The molecule has 0 aliphatic carbocycles. The number of nitrogens with one attached hydrogen (secondary N) is 1. The lowest BCUT2D eigenvalue weighted by Crippen LogP contribution is -1.97. The maximum atomic E-state index is 13.2. The van der Waals surface area contributed by atoms with Crippen LogP contribution in [0.5, 0.6) is 0 Å². The van der Waals surface area contributed by atoms with Gasteiger partial charge in [0.2, 0.25) is 0 Å². The van der Waals surface area contributed by atoms with Crippen molar-refractivity contribution in [3.05, 3.63) is 60.3 Å². The van der Waals surface area contributed by atoms with Gasteiger partial charge in [0.05, 0.1) is 28.8 Å². The Labute approximate surface area is 103 Å². The first-order valence-electron chi connectivity index (χ1n) is 5.04. The van der Waals surface area contributed by atoms with Gasteiger partial charge in [0, 0.05) is 6.07 Å². The Morgan fingerprint density at radius 3 is 2.72 bits per heavy atom. The Morgan fingerprint density at radius 2 is 2.06 bits per heavy atom. The van der Waals surface area contributed by atoms with Crippen LogP contribution >= 0.6 is 0 Å². The molecule has 0 aliphatic heterocycles. The number of benzene rings is 1. The lowest BCUT2D eigenvalue weighted by molar-refractivity contribution is 0.616. The van der Waals surface area contributed by atoms with E-state index in [0.717, 1.165) is 6.07 Å². The summed E-state index contributed by atoms with van der Waals surface area (Å²) in [4.78, 5) is 3.74. The molecule has 0 spiro atoms. The molecule has 1 heterocycles. The first-order chi connectivity index (χ1) is 8.60. The maximum absolute atomic E-state index is 13.2. The zero-order valence-corrected chi connectivity index (χ0v) is 9.24. The summed E-state index contributed by atoms with van der Waals surface area (Å²) >= 11 is 0. The number of anilines is 2. The monoisotopic (exact) mass is 244 g/mol. The Kier molecular flexibility index (Phi) is 3.20. The number of aromatic nitrogens is 1. The number of pyridine rings is 1.